The fourth-order valence-electron chi connectivity index (χ4n) is 3.83. The number of hydrogen-bond donors (Lipinski definition) is 1. The van der Waals surface area contributed by atoms with Gasteiger partial charge >= 0.3 is 0 Å². The van der Waals surface area contributed by atoms with Gasteiger partial charge in [0.2, 0.25) is 0 Å². The summed E-state index contributed by atoms with van der Waals surface area (Å²) in [5.41, 5.74) is 3.67. The van der Waals surface area contributed by atoms with Gasteiger partial charge in [0.25, 0.3) is 5.91 Å². The molecule has 4 rings (SSSR count). The van der Waals surface area contributed by atoms with Gasteiger partial charge in [-0.3, -0.25) is 4.79 Å². The Bertz CT molecular complexity index is 1040. The Kier molecular flexibility index (Phi) is 7.02. The van der Waals surface area contributed by atoms with Crippen LogP contribution in [-0.4, -0.2) is 35.1 Å². The molecular weight excluding hydrogens is 384 g/mol. The zero-order valence-corrected chi connectivity index (χ0v) is 17.8. The molecule has 0 spiro atoms. The zero-order valence-electron chi connectivity index (χ0n) is 17.8. The summed E-state index contributed by atoms with van der Waals surface area (Å²) in [5, 5.41) is 3.03. The van der Waals surface area contributed by atoms with E-state index in [2.05, 4.69) is 33.1 Å². The molecule has 5 heteroatoms. The second kappa shape index (κ2) is 10.5. The van der Waals surface area contributed by atoms with Gasteiger partial charge < -0.3 is 14.8 Å². The van der Waals surface area contributed by atoms with Crippen molar-refractivity contribution < 1.29 is 4.79 Å². The SMILES string of the molecule is O=C(NCCCn1ccnc1)c1ccc(N2CCCCC2)c(C#Cc2ccccc2)c1. The number of aryl methyl sites for hydroxylation is 1. The van der Waals surface area contributed by atoms with Crippen molar-refractivity contribution in [3.63, 3.8) is 0 Å². The second-order valence-corrected chi connectivity index (χ2v) is 7.81. The molecule has 1 aliphatic rings. The number of benzene rings is 2. The fourth-order valence-corrected chi connectivity index (χ4v) is 3.83. The van der Waals surface area contributed by atoms with Gasteiger partial charge in [0.15, 0.2) is 0 Å². The van der Waals surface area contributed by atoms with E-state index in [1.54, 1.807) is 12.5 Å². The van der Waals surface area contributed by atoms with E-state index in [0.29, 0.717) is 12.1 Å². The van der Waals surface area contributed by atoms with Gasteiger partial charge in [-0.05, 0) is 56.0 Å². The summed E-state index contributed by atoms with van der Waals surface area (Å²) in [5.74, 6) is 6.53. The molecule has 0 saturated carbocycles. The van der Waals surface area contributed by atoms with Crippen LogP contribution in [0.2, 0.25) is 0 Å². The molecule has 31 heavy (non-hydrogen) atoms. The summed E-state index contributed by atoms with van der Waals surface area (Å²) in [6, 6.07) is 15.9. The molecule has 1 amide bonds. The number of amides is 1. The lowest BCUT2D eigenvalue weighted by Gasteiger charge is -2.30. The van der Waals surface area contributed by atoms with Crippen molar-refractivity contribution in [1.29, 1.82) is 0 Å². The third kappa shape index (κ3) is 5.76. The Morgan fingerprint density at radius 1 is 1.03 bits per heavy atom. The highest BCUT2D eigenvalue weighted by molar-refractivity contribution is 5.95. The van der Waals surface area contributed by atoms with E-state index >= 15 is 0 Å². The first-order chi connectivity index (χ1) is 15.3. The standard InChI is InChI=1S/C26H28N4O/c31-26(28-14-7-16-29-19-15-27-21-29)24-12-13-25(30-17-5-2-6-18-30)23(20-24)11-10-22-8-3-1-4-9-22/h1,3-4,8-9,12-13,15,19-21H,2,5-7,14,16-18H2,(H,28,31). The van der Waals surface area contributed by atoms with Crippen LogP contribution in [0.25, 0.3) is 0 Å². The average Bonchev–Trinajstić information content (AvgIpc) is 3.35. The molecule has 0 radical (unpaired) electrons. The van der Waals surface area contributed by atoms with E-state index < -0.39 is 0 Å². The van der Waals surface area contributed by atoms with Gasteiger partial charge in [0.1, 0.15) is 0 Å². The number of anilines is 1. The van der Waals surface area contributed by atoms with Crippen LogP contribution in [0.3, 0.4) is 0 Å². The van der Waals surface area contributed by atoms with Crippen LogP contribution in [0.4, 0.5) is 5.69 Å². The Morgan fingerprint density at radius 3 is 2.65 bits per heavy atom. The van der Waals surface area contributed by atoms with Crippen molar-refractivity contribution in [2.24, 2.45) is 0 Å². The van der Waals surface area contributed by atoms with Gasteiger partial charge in [-0.15, -0.1) is 0 Å². The molecular formula is C26H28N4O. The predicted molar refractivity (Wildman–Crippen MR) is 124 cm³/mol. The van der Waals surface area contributed by atoms with Crippen molar-refractivity contribution in [2.45, 2.75) is 32.2 Å². The van der Waals surface area contributed by atoms with E-state index in [0.717, 1.165) is 42.9 Å². The quantitative estimate of drug-likeness (QED) is 0.490. The average molecular weight is 413 g/mol. The topological polar surface area (TPSA) is 50.2 Å². The van der Waals surface area contributed by atoms with E-state index in [-0.39, 0.29) is 5.91 Å². The van der Waals surface area contributed by atoms with Crippen LogP contribution in [0, 0.1) is 11.8 Å². The maximum absolute atomic E-state index is 12.7. The van der Waals surface area contributed by atoms with Crippen LogP contribution in [0.1, 0.15) is 47.2 Å². The molecule has 3 aromatic rings. The molecule has 0 atom stereocenters. The molecule has 2 heterocycles. The highest BCUT2D eigenvalue weighted by Crippen LogP contribution is 2.25. The van der Waals surface area contributed by atoms with E-state index in [1.807, 2.05) is 53.2 Å². The summed E-state index contributed by atoms with van der Waals surface area (Å²) >= 11 is 0. The summed E-state index contributed by atoms with van der Waals surface area (Å²) in [6.45, 7) is 3.54. The molecule has 1 fully saturated rings. The number of rotatable bonds is 6. The molecule has 1 N–H and O–H groups in total. The van der Waals surface area contributed by atoms with Crippen LogP contribution < -0.4 is 10.2 Å². The minimum Gasteiger partial charge on any atom is -0.371 e. The smallest absolute Gasteiger partial charge is 0.251 e. The normalized spacial score (nSPS) is 13.4. The van der Waals surface area contributed by atoms with Crippen LogP contribution in [-0.2, 0) is 6.54 Å². The van der Waals surface area contributed by atoms with Gasteiger partial charge in [0.05, 0.1) is 12.0 Å². The number of carbonyl (C=O) groups excluding carboxylic acids is 1. The Morgan fingerprint density at radius 2 is 1.87 bits per heavy atom. The number of imidazole rings is 1. The molecule has 1 saturated heterocycles. The first-order valence-electron chi connectivity index (χ1n) is 11.0. The fraction of sp³-hybridized carbons (Fsp3) is 0.308. The maximum Gasteiger partial charge on any atom is 0.251 e. The van der Waals surface area contributed by atoms with Crippen LogP contribution in [0.5, 0.6) is 0 Å². The van der Waals surface area contributed by atoms with E-state index in [4.69, 9.17) is 0 Å². The molecule has 2 aromatic carbocycles. The number of carbonyl (C=O) groups is 1. The minimum atomic E-state index is -0.0569. The van der Waals surface area contributed by atoms with Crippen molar-refractivity contribution in [1.82, 2.24) is 14.9 Å². The number of hydrogen-bond acceptors (Lipinski definition) is 3. The van der Waals surface area contributed by atoms with E-state index in [9.17, 15) is 4.79 Å². The predicted octanol–water partition coefficient (Wildman–Crippen LogP) is 4.09. The van der Waals surface area contributed by atoms with Crippen LogP contribution >= 0.6 is 0 Å². The third-order valence-electron chi connectivity index (χ3n) is 5.51. The van der Waals surface area contributed by atoms with Gasteiger partial charge in [-0.2, -0.15) is 0 Å². The first-order valence-corrected chi connectivity index (χ1v) is 11.0. The first kappa shape index (κ1) is 20.7. The van der Waals surface area contributed by atoms with Gasteiger partial charge in [-0.25, -0.2) is 4.98 Å². The van der Waals surface area contributed by atoms with Crippen molar-refractivity contribution in [3.8, 4) is 11.8 Å². The molecule has 5 nitrogen and oxygen atoms in total. The van der Waals surface area contributed by atoms with Crippen molar-refractivity contribution in [3.05, 3.63) is 83.9 Å². The van der Waals surface area contributed by atoms with Crippen molar-refractivity contribution in [2.75, 3.05) is 24.5 Å². The largest absolute Gasteiger partial charge is 0.371 e. The second-order valence-electron chi connectivity index (χ2n) is 7.81. The third-order valence-corrected chi connectivity index (χ3v) is 5.51. The number of aromatic nitrogens is 2. The highest BCUT2D eigenvalue weighted by Gasteiger charge is 2.16. The van der Waals surface area contributed by atoms with Crippen LogP contribution in [0.15, 0.2) is 67.3 Å². The molecule has 1 aliphatic heterocycles. The Balaban J connectivity index is 1.49. The minimum absolute atomic E-state index is 0.0569. The summed E-state index contributed by atoms with van der Waals surface area (Å²) in [6.07, 6.45) is 10.0. The number of nitrogens with one attached hydrogen (secondary N) is 1. The number of nitrogens with zero attached hydrogens (tertiary/aromatic N) is 3. The molecule has 0 unspecified atom stereocenters. The lowest BCUT2D eigenvalue weighted by Crippen LogP contribution is -2.30. The van der Waals surface area contributed by atoms with Gasteiger partial charge in [-0.1, -0.05) is 30.0 Å². The highest BCUT2D eigenvalue weighted by atomic mass is 16.1. The maximum atomic E-state index is 12.7. The summed E-state index contributed by atoms with van der Waals surface area (Å²) in [7, 11) is 0. The Hall–Kier alpha value is -3.52. The lowest BCUT2D eigenvalue weighted by atomic mass is 10.0. The molecule has 1 aromatic heterocycles. The molecule has 0 aliphatic carbocycles. The lowest BCUT2D eigenvalue weighted by molar-refractivity contribution is 0.0952. The summed E-state index contributed by atoms with van der Waals surface area (Å²) in [4.78, 5) is 19.2. The van der Waals surface area contributed by atoms with E-state index in [1.165, 1.54) is 19.3 Å². The molecule has 0 bridgehead atoms. The van der Waals surface area contributed by atoms with Gasteiger partial charge in [0, 0.05) is 55.3 Å². The monoisotopic (exact) mass is 412 g/mol. The Labute approximate surface area is 184 Å². The number of piperidine rings is 1. The van der Waals surface area contributed by atoms with Crippen molar-refractivity contribution >= 4 is 11.6 Å². The summed E-state index contributed by atoms with van der Waals surface area (Å²) < 4.78 is 2.01. The molecule has 158 valence electrons. The zero-order chi connectivity index (χ0) is 21.3.